The van der Waals surface area contributed by atoms with Gasteiger partial charge < -0.3 is 5.32 Å². The molecule has 9 heteroatoms. The highest BCUT2D eigenvalue weighted by molar-refractivity contribution is 9.10. The number of alkyl halides is 4. The summed E-state index contributed by atoms with van der Waals surface area (Å²) in [6.45, 7) is 1.26. The SMILES string of the molecule is CC(F)c1ncnc(Nc2ccc(F)c(C(F)(F)F)c2)c1Br. The van der Waals surface area contributed by atoms with Crippen LogP contribution in [0.25, 0.3) is 0 Å². The average molecular weight is 382 g/mol. The largest absolute Gasteiger partial charge is 0.419 e. The molecular weight excluding hydrogens is 373 g/mol. The highest BCUT2D eigenvalue weighted by Crippen LogP contribution is 2.35. The van der Waals surface area contributed by atoms with Crippen LogP contribution in [0, 0.1) is 5.82 Å². The van der Waals surface area contributed by atoms with Crippen LogP contribution in [-0.2, 0) is 6.18 Å². The lowest BCUT2D eigenvalue weighted by Crippen LogP contribution is -2.09. The normalized spacial score (nSPS) is 13.0. The zero-order chi connectivity index (χ0) is 16.5. The average Bonchev–Trinajstić information content (AvgIpc) is 2.41. The molecule has 2 aromatic rings. The summed E-state index contributed by atoms with van der Waals surface area (Å²) >= 11 is 3.09. The number of hydrogen-bond acceptors (Lipinski definition) is 3. The predicted octanol–water partition coefficient (Wildman–Crippen LogP) is 5.17. The molecule has 1 heterocycles. The molecule has 0 spiro atoms. The monoisotopic (exact) mass is 381 g/mol. The molecule has 2 rings (SSSR count). The van der Waals surface area contributed by atoms with Gasteiger partial charge in [-0.15, -0.1) is 0 Å². The summed E-state index contributed by atoms with van der Waals surface area (Å²) in [5.74, 6) is -1.30. The van der Waals surface area contributed by atoms with Gasteiger partial charge >= 0.3 is 6.18 Å². The van der Waals surface area contributed by atoms with Gasteiger partial charge in [0.05, 0.1) is 15.7 Å². The van der Waals surface area contributed by atoms with Crippen LogP contribution in [-0.4, -0.2) is 9.97 Å². The summed E-state index contributed by atoms with van der Waals surface area (Å²) in [5.41, 5.74) is -1.39. The van der Waals surface area contributed by atoms with Crippen LogP contribution in [0.4, 0.5) is 33.5 Å². The van der Waals surface area contributed by atoms with Crippen molar-refractivity contribution in [2.75, 3.05) is 5.32 Å². The van der Waals surface area contributed by atoms with Gasteiger partial charge in [-0.25, -0.2) is 18.7 Å². The van der Waals surface area contributed by atoms with Gasteiger partial charge in [-0.3, -0.25) is 0 Å². The lowest BCUT2D eigenvalue weighted by atomic mass is 10.2. The van der Waals surface area contributed by atoms with Crippen LogP contribution in [0.2, 0.25) is 0 Å². The number of rotatable bonds is 3. The molecule has 22 heavy (non-hydrogen) atoms. The first-order valence-corrected chi connectivity index (χ1v) is 6.77. The van der Waals surface area contributed by atoms with Crippen molar-refractivity contribution < 1.29 is 22.0 Å². The highest BCUT2D eigenvalue weighted by atomic mass is 79.9. The Morgan fingerprint density at radius 3 is 2.50 bits per heavy atom. The van der Waals surface area contributed by atoms with Crippen molar-refractivity contribution in [2.45, 2.75) is 19.3 Å². The first-order chi connectivity index (χ1) is 10.2. The fourth-order valence-electron chi connectivity index (χ4n) is 1.70. The zero-order valence-corrected chi connectivity index (χ0v) is 12.6. The van der Waals surface area contributed by atoms with E-state index in [2.05, 4.69) is 31.2 Å². The van der Waals surface area contributed by atoms with E-state index in [1.54, 1.807) is 0 Å². The molecular formula is C13H9BrF5N3. The van der Waals surface area contributed by atoms with Crippen molar-refractivity contribution in [1.29, 1.82) is 0 Å². The molecule has 0 radical (unpaired) electrons. The Labute approximate surface area is 130 Å². The van der Waals surface area contributed by atoms with E-state index < -0.39 is 23.7 Å². The minimum absolute atomic E-state index is 0.0365. The Balaban J connectivity index is 2.38. The molecule has 1 aromatic heterocycles. The highest BCUT2D eigenvalue weighted by Gasteiger charge is 2.34. The van der Waals surface area contributed by atoms with Gasteiger partial charge in [0.2, 0.25) is 0 Å². The van der Waals surface area contributed by atoms with Gasteiger partial charge in [-0.1, -0.05) is 0 Å². The summed E-state index contributed by atoms with van der Waals surface area (Å²) in [6.07, 6.45) is -5.13. The van der Waals surface area contributed by atoms with E-state index in [1.807, 2.05) is 0 Å². The van der Waals surface area contributed by atoms with Crippen molar-refractivity contribution in [3.8, 4) is 0 Å². The molecule has 0 aliphatic carbocycles. The number of benzene rings is 1. The van der Waals surface area contributed by atoms with Crippen molar-refractivity contribution in [3.05, 3.63) is 46.1 Å². The topological polar surface area (TPSA) is 37.8 Å². The van der Waals surface area contributed by atoms with Crippen LogP contribution >= 0.6 is 15.9 Å². The molecule has 0 amide bonds. The Bertz CT molecular complexity index is 688. The molecule has 0 saturated carbocycles. The van der Waals surface area contributed by atoms with Gasteiger partial charge in [0.25, 0.3) is 0 Å². The molecule has 0 aliphatic heterocycles. The maximum atomic E-state index is 13.3. The Hall–Kier alpha value is -1.77. The molecule has 1 aromatic carbocycles. The summed E-state index contributed by atoms with van der Waals surface area (Å²) in [6, 6.07) is 2.43. The molecule has 0 fully saturated rings. The maximum absolute atomic E-state index is 13.3. The smallest absolute Gasteiger partial charge is 0.339 e. The minimum Gasteiger partial charge on any atom is -0.339 e. The van der Waals surface area contributed by atoms with E-state index in [0.717, 1.165) is 12.4 Å². The van der Waals surface area contributed by atoms with Crippen LogP contribution in [0.3, 0.4) is 0 Å². The van der Waals surface area contributed by atoms with Crippen LogP contribution < -0.4 is 5.32 Å². The Kier molecular flexibility index (Phi) is 4.64. The third-order valence-electron chi connectivity index (χ3n) is 2.73. The molecule has 1 atom stereocenters. The first kappa shape index (κ1) is 16.6. The maximum Gasteiger partial charge on any atom is 0.419 e. The molecule has 118 valence electrons. The molecule has 1 N–H and O–H groups in total. The first-order valence-electron chi connectivity index (χ1n) is 5.98. The van der Waals surface area contributed by atoms with Gasteiger partial charge in [0.1, 0.15) is 24.1 Å². The van der Waals surface area contributed by atoms with Crippen LogP contribution in [0.1, 0.15) is 24.4 Å². The number of aromatic nitrogens is 2. The summed E-state index contributed by atoms with van der Waals surface area (Å²) in [4.78, 5) is 7.56. The van der Waals surface area contributed by atoms with Gasteiger partial charge in [0, 0.05) is 5.69 Å². The number of nitrogens with one attached hydrogen (secondary N) is 1. The second kappa shape index (κ2) is 6.15. The summed E-state index contributed by atoms with van der Waals surface area (Å²) in [5, 5.41) is 2.58. The summed E-state index contributed by atoms with van der Waals surface area (Å²) in [7, 11) is 0. The van der Waals surface area contributed by atoms with E-state index in [1.165, 1.54) is 6.92 Å². The molecule has 0 saturated heterocycles. The van der Waals surface area contributed by atoms with Gasteiger partial charge in [0.15, 0.2) is 0 Å². The standard InChI is InChI=1S/C13H9BrF5N3/c1-6(15)11-10(14)12(21-5-20-11)22-7-2-3-9(16)8(4-7)13(17,18)19/h2-6H,1H3,(H,20,21,22). The molecule has 3 nitrogen and oxygen atoms in total. The van der Waals surface area contributed by atoms with Gasteiger partial charge in [-0.05, 0) is 41.1 Å². The van der Waals surface area contributed by atoms with Crippen LogP contribution in [0.15, 0.2) is 29.0 Å². The molecule has 0 bridgehead atoms. The lowest BCUT2D eigenvalue weighted by molar-refractivity contribution is -0.139. The van der Waals surface area contributed by atoms with E-state index in [-0.39, 0.29) is 21.7 Å². The fourth-order valence-corrected chi connectivity index (χ4v) is 2.32. The Morgan fingerprint density at radius 2 is 1.91 bits per heavy atom. The van der Waals surface area contributed by atoms with Crippen molar-refractivity contribution >= 4 is 27.4 Å². The van der Waals surface area contributed by atoms with Crippen molar-refractivity contribution in [3.63, 3.8) is 0 Å². The number of anilines is 2. The molecule has 1 unspecified atom stereocenters. The van der Waals surface area contributed by atoms with Crippen molar-refractivity contribution in [1.82, 2.24) is 9.97 Å². The van der Waals surface area contributed by atoms with E-state index >= 15 is 0 Å². The number of nitrogens with zero attached hydrogens (tertiary/aromatic N) is 2. The third-order valence-corrected chi connectivity index (χ3v) is 3.51. The predicted molar refractivity (Wildman–Crippen MR) is 73.9 cm³/mol. The summed E-state index contributed by atoms with van der Waals surface area (Å²) < 4.78 is 64.7. The quantitative estimate of drug-likeness (QED) is 0.745. The van der Waals surface area contributed by atoms with E-state index in [4.69, 9.17) is 0 Å². The van der Waals surface area contributed by atoms with Crippen LogP contribution in [0.5, 0.6) is 0 Å². The zero-order valence-electron chi connectivity index (χ0n) is 11.0. The number of halogens is 6. The third kappa shape index (κ3) is 3.52. The second-order valence-electron chi connectivity index (χ2n) is 4.35. The van der Waals surface area contributed by atoms with E-state index in [9.17, 15) is 22.0 Å². The van der Waals surface area contributed by atoms with E-state index in [0.29, 0.717) is 12.1 Å². The fraction of sp³-hybridized carbons (Fsp3) is 0.231. The minimum atomic E-state index is -4.82. The van der Waals surface area contributed by atoms with Gasteiger partial charge in [-0.2, -0.15) is 13.2 Å². The molecule has 0 aliphatic rings. The Morgan fingerprint density at radius 1 is 1.23 bits per heavy atom. The number of hydrogen-bond donors (Lipinski definition) is 1. The second-order valence-corrected chi connectivity index (χ2v) is 5.15. The lowest BCUT2D eigenvalue weighted by Gasteiger charge is -2.13. The van der Waals surface area contributed by atoms with Crippen molar-refractivity contribution in [2.24, 2.45) is 0 Å².